The monoisotopic (exact) mass is 364 g/mol. The van der Waals surface area contributed by atoms with Gasteiger partial charge < -0.3 is 15.5 Å². The summed E-state index contributed by atoms with van der Waals surface area (Å²) in [6.07, 6.45) is 4.85. The molecule has 0 saturated heterocycles. The quantitative estimate of drug-likeness (QED) is 0.770. The summed E-state index contributed by atoms with van der Waals surface area (Å²) in [4.78, 5) is 16.4. The Morgan fingerprint density at radius 3 is 2.80 bits per heavy atom. The first-order valence-corrected chi connectivity index (χ1v) is 9.06. The van der Waals surface area contributed by atoms with Crippen molar-refractivity contribution in [3.8, 4) is 5.88 Å². The van der Waals surface area contributed by atoms with Crippen LogP contribution in [0, 0.1) is 17.3 Å². The topological polar surface area (TPSA) is 99.8 Å². The van der Waals surface area contributed by atoms with E-state index in [0.717, 1.165) is 32.1 Å². The Kier molecular flexibility index (Phi) is 3.79. The van der Waals surface area contributed by atoms with Gasteiger partial charge in [-0.2, -0.15) is 9.50 Å². The van der Waals surface area contributed by atoms with Gasteiger partial charge >= 0.3 is 5.97 Å². The maximum absolute atomic E-state index is 12.1. The molecule has 3 N–H and O–H groups in total. The summed E-state index contributed by atoms with van der Waals surface area (Å²) in [6, 6.07) is 3.01. The second-order valence-corrected chi connectivity index (χ2v) is 7.60. The van der Waals surface area contributed by atoms with E-state index in [0.29, 0.717) is 17.3 Å². The van der Waals surface area contributed by atoms with Gasteiger partial charge in [-0.05, 0) is 61.1 Å². The minimum Gasteiger partial charge on any atom is -0.493 e. The number of nitrogens with zero attached hydrogens (tertiary/aromatic N) is 3. The van der Waals surface area contributed by atoms with Crippen LogP contribution < -0.4 is 5.32 Å². The number of anilines is 1. The largest absolute Gasteiger partial charge is 0.493 e. The summed E-state index contributed by atoms with van der Waals surface area (Å²) in [5, 5.41) is 27.2. The van der Waals surface area contributed by atoms with E-state index in [2.05, 4.69) is 22.3 Å². The maximum atomic E-state index is 12.1. The average Bonchev–Trinajstić information content (AvgIpc) is 2.96. The van der Waals surface area contributed by atoms with Crippen LogP contribution >= 0.6 is 11.6 Å². The van der Waals surface area contributed by atoms with Crippen LogP contribution in [-0.4, -0.2) is 36.8 Å². The average molecular weight is 365 g/mol. The van der Waals surface area contributed by atoms with E-state index in [1.807, 2.05) is 0 Å². The predicted octanol–water partition coefficient (Wildman–Crippen LogP) is 3.17. The number of nitrogens with one attached hydrogen (secondary N) is 1. The van der Waals surface area contributed by atoms with Crippen LogP contribution in [0.25, 0.3) is 5.52 Å². The molecule has 2 heterocycles. The summed E-state index contributed by atoms with van der Waals surface area (Å²) in [6.45, 7) is 2.09. The molecule has 0 spiro atoms. The highest BCUT2D eigenvalue weighted by atomic mass is 35.5. The number of carboxylic acid groups (broad SMARTS) is 1. The Morgan fingerprint density at radius 1 is 1.44 bits per heavy atom. The van der Waals surface area contributed by atoms with E-state index >= 15 is 0 Å². The lowest BCUT2D eigenvalue weighted by molar-refractivity contribution is -0.155. The summed E-state index contributed by atoms with van der Waals surface area (Å²) < 4.78 is 1.31. The molecule has 0 unspecified atom stereocenters. The fraction of sp³-hybridized carbons (Fsp3) is 0.588. The van der Waals surface area contributed by atoms with Crippen molar-refractivity contribution in [2.75, 3.05) is 5.32 Å². The minimum atomic E-state index is -0.752. The zero-order valence-electron chi connectivity index (χ0n) is 13.9. The molecule has 3 saturated carbocycles. The molecule has 134 valence electrons. The molecule has 3 fully saturated rings. The third-order valence-electron chi connectivity index (χ3n) is 6.29. The molecule has 5 rings (SSSR count). The van der Waals surface area contributed by atoms with Crippen LogP contribution in [0.1, 0.15) is 39.0 Å². The van der Waals surface area contributed by atoms with Crippen molar-refractivity contribution in [2.45, 2.75) is 45.1 Å². The van der Waals surface area contributed by atoms with Crippen molar-refractivity contribution in [1.29, 1.82) is 0 Å². The molecule has 0 aromatic carbocycles. The lowest BCUT2D eigenvalue weighted by atomic mass is 9.52. The SMILES string of the molecule is CCC12CCC(CC1)[C@H](Nc1nc(Cl)nn3c(O)ccc13)[C@H]2C(=O)O. The zero-order chi connectivity index (χ0) is 17.8. The van der Waals surface area contributed by atoms with Crippen molar-refractivity contribution >= 4 is 28.9 Å². The maximum Gasteiger partial charge on any atom is 0.309 e. The minimum absolute atomic E-state index is 0.000418. The van der Waals surface area contributed by atoms with Gasteiger partial charge in [-0.1, -0.05) is 6.92 Å². The first-order valence-electron chi connectivity index (χ1n) is 8.69. The highest BCUT2D eigenvalue weighted by molar-refractivity contribution is 6.28. The summed E-state index contributed by atoms with van der Waals surface area (Å²) in [5.41, 5.74) is 0.424. The van der Waals surface area contributed by atoms with Crippen molar-refractivity contribution in [2.24, 2.45) is 17.3 Å². The van der Waals surface area contributed by atoms with E-state index in [4.69, 9.17) is 11.6 Å². The van der Waals surface area contributed by atoms with E-state index in [1.165, 1.54) is 10.6 Å². The first-order chi connectivity index (χ1) is 11.9. The van der Waals surface area contributed by atoms with Crippen LogP contribution in [-0.2, 0) is 4.79 Å². The van der Waals surface area contributed by atoms with E-state index < -0.39 is 11.9 Å². The molecule has 3 aliphatic rings. The number of aromatic nitrogens is 3. The lowest BCUT2D eigenvalue weighted by Gasteiger charge is -2.55. The number of carboxylic acids is 1. The first kappa shape index (κ1) is 16.4. The molecule has 0 aliphatic heterocycles. The zero-order valence-corrected chi connectivity index (χ0v) is 14.7. The predicted molar refractivity (Wildman–Crippen MR) is 92.9 cm³/mol. The van der Waals surface area contributed by atoms with Gasteiger partial charge in [-0.25, -0.2) is 0 Å². The molecule has 8 heteroatoms. The van der Waals surface area contributed by atoms with Crippen LogP contribution in [0.4, 0.5) is 5.82 Å². The van der Waals surface area contributed by atoms with Gasteiger partial charge in [0.2, 0.25) is 11.2 Å². The fourth-order valence-corrected chi connectivity index (χ4v) is 5.11. The van der Waals surface area contributed by atoms with Gasteiger partial charge in [0.05, 0.1) is 5.92 Å². The van der Waals surface area contributed by atoms with Gasteiger partial charge in [-0.3, -0.25) is 4.79 Å². The number of halogens is 1. The summed E-state index contributed by atoms with van der Waals surface area (Å²) in [7, 11) is 0. The Morgan fingerprint density at radius 2 is 2.16 bits per heavy atom. The van der Waals surface area contributed by atoms with Gasteiger partial charge in [0.25, 0.3) is 0 Å². The number of aliphatic carboxylic acids is 1. The van der Waals surface area contributed by atoms with Gasteiger partial charge in [0.15, 0.2) is 5.82 Å². The van der Waals surface area contributed by atoms with Crippen LogP contribution in [0.3, 0.4) is 0 Å². The standard InChI is InChI=1S/C17H21ClN4O3/c1-2-17-7-5-9(6-8-17)13(12(17)15(24)25)19-14-10-3-4-11(23)22(10)21-16(18)20-14/h3-4,9,12-13,23H,2,5-8H2,1H3,(H,24,25)(H,19,20,21)/t9?,12-,13-,17?/m0/s1. The molecule has 25 heavy (non-hydrogen) atoms. The van der Waals surface area contributed by atoms with Gasteiger partial charge in [0.1, 0.15) is 5.52 Å². The number of hydrogen-bond acceptors (Lipinski definition) is 5. The number of rotatable bonds is 4. The van der Waals surface area contributed by atoms with Crippen LogP contribution in [0.2, 0.25) is 5.28 Å². The van der Waals surface area contributed by atoms with E-state index in [-0.39, 0.29) is 22.6 Å². The smallest absolute Gasteiger partial charge is 0.309 e. The second kappa shape index (κ2) is 5.76. The third-order valence-corrected chi connectivity index (χ3v) is 6.45. The second-order valence-electron chi connectivity index (χ2n) is 7.26. The summed E-state index contributed by atoms with van der Waals surface area (Å²) >= 11 is 5.99. The van der Waals surface area contributed by atoms with E-state index in [1.54, 1.807) is 6.07 Å². The molecule has 2 bridgehead atoms. The Balaban J connectivity index is 1.76. The number of hydrogen-bond donors (Lipinski definition) is 3. The third kappa shape index (κ3) is 2.44. The summed E-state index contributed by atoms with van der Waals surface area (Å²) in [5.74, 6) is -0.477. The fourth-order valence-electron chi connectivity index (χ4n) is 4.95. The van der Waals surface area contributed by atoms with Crippen molar-refractivity contribution < 1.29 is 15.0 Å². The Hall–Kier alpha value is -2.02. The van der Waals surface area contributed by atoms with Crippen molar-refractivity contribution in [1.82, 2.24) is 14.6 Å². The van der Waals surface area contributed by atoms with Crippen LogP contribution in [0.5, 0.6) is 5.88 Å². The number of carbonyl (C=O) groups is 1. The molecule has 2 aromatic rings. The molecule has 2 atom stereocenters. The number of fused-ring (bicyclic) bond motifs is 4. The van der Waals surface area contributed by atoms with E-state index in [9.17, 15) is 15.0 Å². The molecular formula is C17H21ClN4O3. The van der Waals surface area contributed by atoms with Gasteiger partial charge in [0, 0.05) is 12.1 Å². The highest BCUT2D eigenvalue weighted by Crippen LogP contribution is 2.56. The van der Waals surface area contributed by atoms with Crippen LogP contribution in [0.15, 0.2) is 12.1 Å². The molecule has 7 nitrogen and oxygen atoms in total. The highest BCUT2D eigenvalue weighted by Gasteiger charge is 2.55. The molecule has 2 aromatic heterocycles. The Labute approximate surface area is 150 Å². The van der Waals surface area contributed by atoms with Crippen molar-refractivity contribution in [3.05, 3.63) is 17.4 Å². The van der Waals surface area contributed by atoms with Gasteiger partial charge in [-0.15, -0.1) is 5.10 Å². The molecule has 0 amide bonds. The normalized spacial score (nSPS) is 31.4. The Bertz CT molecular complexity index is 829. The molecular weight excluding hydrogens is 344 g/mol. The molecule has 0 radical (unpaired) electrons. The number of aromatic hydroxyl groups is 1. The van der Waals surface area contributed by atoms with Crippen molar-refractivity contribution in [3.63, 3.8) is 0 Å². The lowest BCUT2D eigenvalue weighted by Crippen LogP contribution is -2.57. The molecule has 3 aliphatic carbocycles.